The van der Waals surface area contributed by atoms with Crippen molar-refractivity contribution < 1.29 is 0 Å². The zero-order valence-electron chi connectivity index (χ0n) is 8.86. The lowest BCUT2D eigenvalue weighted by molar-refractivity contribution is 0.418. The zero-order valence-corrected chi connectivity index (χ0v) is 11.3. The maximum Gasteiger partial charge on any atom is 0.185 e. The second-order valence-corrected chi connectivity index (χ2v) is 5.65. The molecule has 0 aliphatic heterocycles. The predicted molar refractivity (Wildman–Crippen MR) is 70.1 cm³/mol. The van der Waals surface area contributed by atoms with Crippen LogP contribution in [0.5, 0.6) is 0 Å². The normalized spacial score (nSPS) is 17.9. The highest BCUT2D eigenvalue weighted by Gasteiger charge is 2.22. The Balaban J connectivity index is 2.04. The monoisotopic (exact) mass is 288 g/mol. The lowest BCUT2D eigenvalue weighted by atomic mass is 9.94. The first kappa shape index (κ1) is 11.4. The van der Waals surface area contributed by atoms with E-state index in [2.05, 4.69) is 31.2 Å². The molecule has 0 aromatic carbocycles. The Kier molecular flexibility index (Phi) is 4.44. The van der Waals surface area contributed by atoms with Gasteiger partial charge in [0.1, 0.15) is 0 Å². The zero-order chi connectivity index (χ0) is 10.5. The van der Waals surface area contributed by atoms with Crippen LogP contribution in [0.2, 0.25) is 0 Å². The van der Waals surface area contributed by atoms with Crippen molar-refractivity contribution in [2.24, 2.45) is 0 Å². The Hall–Kier alpha value is -0.0900. The van der Waals surface area contributed by atoms with Gasteiger partial charge in [-0.05, 0) is 12.8 Å². The molecule has 1 heterocycles. The summed E-state index contributed by atoms with van der Waals surface area (Å²) >= 11 is 5.30. The van der Waals surface area contributed by atoms with Crippen LogP contribution in [0.4, 0.5) is 5.13 Å². The fraction of sp³-hybridized carbons (Fsp3) is 0.727. The van der Waals surface area contributed by atoms with Gasteiger partial charge in [-0.1, -0.05) is 35.2 Å². The van der Waals surface area contributed by atoms with Crippen LogP contribution in [-0.2, 0) is 0 Å². The van der Waals surface area contributed by atoms with Gasteiger partial charge in [0.15, 0.2) is 5.13 Å². The minimum Gasteiger partial charge on any atom is -0.344 e. The Morgan fingerprint density at radius 3 is 2.80 bits per heavy atom. The first-order valence-electron chi connectivity index (χ1n) is 5.64. The molecule has 2 nitrogen and oxygen atoms in total. The van der Waals surface area contributed by atoms with Crippen LogP contribution in [-0.4, -0.2) is 22.9 Å². The molecule has 0 bridgehead atoms. The van der Waals surface area contributed by atoms with E-state index < -0.39 is 0 Å². The van der Waals surface area contributed by atoms with Crippen LogP contribution in [0.3, 0.4) is 0 Å². The molecule has 0 spiro atoms. The molecule has 2 rings (SSSR count). The summed E-state index contributed by atoms with van der Waals surface area (Å²) in [7, 11) is 0. The third-order valence-corrected chi connectivity index (χ3v) is 4.17. The molecular weight excluding hydrogens is 272 g/mol. The van der Waals surface area contributed by atoms with E-state index in [0.29, 0.717) is 0 Å². The van der Waals surface area contributed by atoms with Gasteiger partial charge in [0.25, 0.3) is 0 Å². The Morgan fingerprint density at radius 2 is 2.20 bits per heavy atom. The number of hydrogen-bond acceptors (Lipinski definition) is 3. The van der Waals surface area contributed by atoms with Crippen LogP contribution in [0.25, 0.3) is 0 Å². The van der Waals surface area contributed by atoms with Gasteiger partial charge in [-0.25, -0.2) is 4.98 Å². The lowest BCUT2D eigenvalue weighted by Crippen LogP contribution is -2.38. The summed E-state index contributed by atoms with van der Waals surface area (Å²) in [5, 5.41) is 4.30. The molecule has 15 heavy (non-hydrogen) atoms. The van der Waals surface area contributed by atoms with E-state index >= 15 is 0 Å². The number of hydrogen-bond donors (Lipinski definition) is 0. The maximum absolute atomic E-state index is 4.43. The maximum atomic E-state index is 4.43. The number of thiazole rings is 1. The topological polar surface area (TPSA) is 16.1 Å². The van der Waals surface area contributed by atoms with E-state index in [4.69, 9.17) is 0 Å². The molecule has 1 aliphatic rings. The molecule has 1 aromatic heterocycles. The van der Waals surface area contributed by atoms with Gasteiger partial charge >= 0.3 is 0 Å². The summed E-state index contributed by atoms with van der Waals surface area (Å²) < 4.78 is 0. The lowest BCUT2D eigenvalue weighted by Gasteiger charge is -2.33. The largest absolute Gasteiger partial charge is 0.344 e. The van der Waals surface area contributed by atoms with Crippen molar-refractivity contribution in [2.45, 2.75) is 38.1 Å². The van der Waals surface area contributed by atoms with Gasteiger partial charge in [-0.3, -0.25) is 0 Å². The van der Waals surface area contributed by atoms with Gasteiger partial charge in [-0.2, -0.15) is 0 Å². The van der Waals surface area contributed by atoms with E-state index in [1.54, 1.807) is 11.3 Å². The third-order valence-electron chi connectivity index (χ3n) is 3.01. The standard InChI is InChI=1S/C11H17BrN2S/c12-6-8-14(11-13-7-9-15-11)10-4-2-1-3-5-10/h7,9-10H,1-6,8H2. The number of nitrogens with zero attached hydrogens (tertiary/aromatic N) is 2. The Labute approximate surface area is 104 Å². The van der Waals surface area contributed by atoms with Gasteiger partial charge < -0.3 is 4.90 Å². The van der Waals surface area contributed by atoms with Crippen LogP contribution >= 0.6 is 27.3 Å². The van der Waals surface area contributed by atoms with Gasteiger partial charge in [0.05, 0.1) is 0 Å². The molecule has 0 N–H and O–H groups in total. The van der Waals surface area contributed by atoms with Crippen molar-refractivity contribution in [3.05, 3.63) is 11.6 Å². The highest BCUT2D eigenvalue weighted by atomic mass is 79.9. The van der Waals surface area contributed by atoms with Gasteiger partial charge in [-0.15, -0.1) is 11.3 Å². The number of rotatable bonds is 4. The minimum absolute atomic E-state index is 0.724. The highest BCUT2D eigenvalue weighted by Crippen LogP contribution is 2.28. The summed E-state index contributed by atoms with van der Waals surface area (Å²) in [4.78, 5) is 6.92. The summed E-state index contributed by atoms with van der Waals surface area (Å²) in [6.07, 6.45) is 8.77. The van der Waals surface area contributed by atoms with Crippen molar-refractivity contribution in [2.75, 3.05) is 16.8 Å². The average molecular weight is 289 g/mol. The molecule has 1 fully saturated rings. The SMILES string of the molecule is BrCCN(c1nccs1)C1CCCCC1. The van der Waals surface area contributed by atoms with Crippen LogP contribution < -0.4 is 4.90 Å². The van der Waals surface area contributed by atoms with E-state index in [9.17, 15) is 0 Å². The van der Waals surface area contributed by atoms with E-state index in [1.807, 2.05) is 6.20 Å². The van der Waals surface area contributed by atoms with Crippen molar-refractivity contribution in [1.29, 1.82) is 0 Å². The molecule has 4 heteroatoms. The third kappa shape index (κ3) is 2.94. The Bertz CT molecular complexity index is 270. The number of alkyl halides is 1. The molecular formula is C11H17BrN2S. The second kappa shape index (κ2) is 5.85. The molecule has 0 amide bonds. The van der Waals surface area contributed by atoms with E-state index in [1.165, 1.54) is 37.2 Å². The molecule has 0 saturated heterocycles. The van der Waals surface area contributed by atoms with Gasteiger partial charge in [0.2, 0.25) is 0 Å². The van der Waals surface area contributed by atoms with Crippen LogP contribution in [0.15, 0.2) is 11.6 Å². The molecule has 1 aromatic rings. The molecule has 0 unspecified atom stereocenters. The van der Waals surface area contributed by atoms with Crippen molar-refractivity contribution >= 4 is 32.4 Å². The first-order chi connectivity index (χ1) is 7.42. The molecule has 0 radical (unpaired) electrons. The van der Waals surface area contributed by atoms with E-state index in [0.717, 1.165) is 17.9 Å². The Morgan fingerprint density at radius 1 is 1.40 bits per heavy atom. The van der Waals surface area contributed by atoms with Gasteiger partial charge in [0, 0.05) is 29.5 Å². The minimum atomic E-state index is 0.724. The van der Waals surface area contributed by atoms with Crippen molar-refractivity contribution in [1.82, 2.24) is 4.98 Å². The summed E-state index contributed by atoms with van der Waals surface area (Å²) in [6.45, 7) is 1.08. The molecule has 1 saturated carbocycles. The van der Waals surface area contributed by atoms with Crippen LogP contribution in [0.1, 0.15) is 32.1 Å². The highest BCUT2D eigenvalue weighted by molar-refractivity contribution is 9.09. The number of anilines is 1. The fourth-order valence-electron chi connectivity index (χ4n) is 2.28. The fourth-order valence-corrected chi connectivity index (χ4v) is 3.40. The number of aromatic nitrogens is 1. The first-order valence-corrected chi connectivity index (χ1v) is 7.64. The smallest absolute Gasteiger partial charge is 0.185 e. The predicted octanol–water partition coefficient (Wildman–Crippen LogP) is 3.68. The van der Waals surface area contributed by atoms with Crippen LogP contribution in [0, 0.1) is 0 Å². The second-order valence-electron chi connectivity index (χ2n) is 3.99. The quantitative estimate of drug-likeness (QED) is 0.786. The molecule has 84 valence electrons. The summed E-state index contributed by atoms with van der Waals surface area (Å²) in [6, 6.07) is 0.724. The molecule has 1 aliphatic carbocycles. The summed E-state index contributed by atoms with van der Waals surface area (Å²) in [5.74, 6) is 0. The average Bonchev–Trinajstić information content (AvgIpc) is 2.80. The summed E-state index contributed by atoms with van der Waals surface area (Å²) in [5.41, 5.74) is 0. The number of halogens is 1. The van der Waals surface area contributed by atoms with Crippen molar-refractivity contribution in [3.8, 4) is 0 Å². The van der Waals surface area contributed by atoms with E-state index in [-0.39, 0.29) is 0 Å². The van der Waals surface area contributed by atoms with Crippen molar-refractivity contribution in [3.63, 3.8) is 0 Å². The molecule has 0 atom stereocenters.